The Morgan fingerprint density at radius 3 is 2.78 bits per heavy atom. The third-order valence-corrected chi connectivity index (χ3v) is 8.03. The molecule has 3 atom stereocenters. The monoisotopic (exact) mass is 518 g/mol. The Balaban J connectivity index is 1.08. The smallest absolute Gasteiger partial charge is 0.254 e. The van der Waals surface area contributed by atoms with Crippen molar-refractivity contribution in [3.05, 3.63) is 76.1 Å². The first-order valence-corrected chi connectivity index (χ1v) is 12.7. The highest BCUT2D eigenvalue weighted by Crippen LogP contribution is 2.47. The maximum Gasteiger partial charge on any atom is 0.254 e. The van der Waals surface area contributed by atoms with Gasteiger partial charge in [0, 0.05) is 35.8 Å². The van der Waals surface area contributed by atoms with Crippen molar-refractivity contribution in [3.8, 4) is 6.07 Å². The van der Waals surface area contributed by atoms with E-state index in [1.165, 1.54) is 23.1 Å². The molecular weight excluding hydrogens is 495 g/mol. The molecule has 0 bridgehead atoms. The van der Waals surface area contributed by atoms with Gasteiger partial charge in [0.25, 0.3) is 5.91 Å². The summed E-state index contributed by atoms with van der Waals surface area (Å²) < 4.78 is 16.5. The van der Waals surface area contributed by atoms with Crippen LogP contribution in [0.25, 0.3) is 0 Å². The molecule has 3 heterocycles. The summed E-state index contributed by atoms with van der Waals surface area (Å²) in [5.41, 5.74) is 2.55. The summed E-state index contributed by atoms with van der Waals surface area (Å²) >= 11 is 6.10. The number of benzene rings is 1. The summed E-state index contributed by atoms with van der Waals surface area (Å²) in [7, 11) is 0. The van der Waals surface area contributed by atoms with Gasteiger partial charge in [0.1, 0.15) is 11.5 Å². The van der Waals surface area contributed by atoms with Gasteiger partial charge in [0.2, 0.25) is 5.91 Å². The Bertz CT molecular complexity index is 1460. The van der Waals surface area contributed by atoms with Crippen LogP contribution >= 0.6 is 11.6 Å². The molecule has 0 spiro atoms. The summed E-state index contributed by atoms with van der Waals surface area (Å²) in [5.74, 6) is -0.0828. The Morgan fingerprint density at radius 1 is 1.27 bits per heavy atom. The van der Waals surface area contributed by atoms with Gasteiger partial charge in [-0.05, 0) is 61.8 Å². The number of amides is 2. The number of piperidine rings is 1. The summed E-state index contributed by atoms with van der Waals surface area (Å²) in [6, 6.07) is 8.23. The number of nitriles is 1. The lowest BCUT2D eigenvalue weighted by atomic mass is 9.74. The SMILES string of the molecule is C[C@@H](c1ncc(N2C[C@H]3C[C@H]3C2=O)cc1F)n1cc(C(=O)N[C@H]2C[C@@H](c3cc(Cl)ccc3C#N)C2)cn1. The average Bonchev–Trinajstić information content (AvgIpc) is 3.31. The van der Waals surface area contributed by atoms with E-state index in [-0.39, 0.29) is 35.4 Å². The molecule has 2 amide bonds. The number of carbonyl (C=O) groups excluding carboxylic acids is 2. The van der Waals surface area contributed by atoms with Gasteiger partial charge in [-0.2, -0.15) is 10.4 Å². The molecule has 1 aliphatic heterocycles. The van der Waals surface area contributed by atoms with E-state index in [9.17, 15) is 19.2 Å². The molecule has 8 nitrogen and oxygen atoms in total. The molecule has 6 rings (SSSR count). The zero-order valence-electron chi connectivity index (χ0n) is 20.1. The normalized spacial score (nSPS) is 24.7. The second-order valence-corrected chi connectivity index (χ2v) is 10.6. The van der Waals surface area contributed by atoms with Crippen LogP contribution in [0.1, 0.15) is 65.3 Å². The number of nitrogens with zero attached hydrogens (tertiary/aromatic N) is 5. The van der Waals surface area contributed by atoms with Crippen LogP contribution in [0.15, 0.2) is 42.9 Å². The van der Waals surface area contributed by atoms with Gasteiger partial charge in [0.05, 0.1) is 41.3 Å². The van der Waals surface area contributed by atoms with Crippen LogP contribution in [0.3, 0.4) is 0 Å². The number of halogens is 2. The number of pyridine rings is 1. The van der Waals surface area contributed by atoms with Gasteiger partial charge in [-0.1, -0.05) is 11.6 Å². The quantitative estimate of drug-likeness (QED) is 0.526. The third kappa shape index (κ3) is 4.25. The Hall–Kier alpha value is -3.77. The predicted molar refractivity (Wildman–Crippen MR) is 134 cm³/mol. The Labute approximate surface area is 218 Å². The Morgan fingerprint density at radius 2 is 2.08 bits per heavy atom. The van der Waals surface area contributed by atoms with Crippen LogP contribution in [0.4, 0.5) is 10.1 Å². The highest BCUT2D eigenvalue weighted by atomic mass is 35.5. The molecule has 3 aromatic rings. The number of carbonyl (C=O) groups is 2. The molecule has 1 saturated heterocycles. The van der Waals surface area contributed by atoms with Crippen molar-refractivity contribution >= 4 is 29.1 Å². The van der Waals surface area contributed by atoms with Crippen LogP contribution in [0.5, 0.6) is 0 Å². The molecule has 1 N–H and O–H groups in total. The summed E-state index contributed by atoms with van der Waals surface area (Å²) in [5, 5.41) is 17.2. The van der Waals surface area contributed by atoms with Crippen molar-refractivity contribution in [1.29, 1.82) is 5.26 Å². The molecular formula is C27H24ClFN6O2. The van der Waals surface area contributed by atoms with Crippen molar-refractivity contribution in [2.45, 2.75) is 44.2 Å². The summed E-state index contributed by atoms with van der Waals surface area (Å²) in [6.07, 6.45) is 6.92. The van der Waals surface area contributed by atoms with Gasteiger partial charge < -0.3 is 10.2 Å². The topological polar surface area (TPSA) is 104 Å². The fraction of sp³-hybridized carbons (Fsp3) is 0.370. The van der Waals surface area contributed by atoms with Gasteiger partial charge in [0.15, 0.2) is 0 Å². The number of rotatable bonds is 6. The second-order valence-electron chi connectivity index (χ2n) is 10.2. The standard InChI is InChI=1S/C27H24ClFN6O2/c1-14(25-24(29)8-21(11-31-25)34-12-17-6-23(17)27(34)37)35-13-18(10-32-35)26(36)33-20-4-16(5-20)22-7-19(28)3-2-15(22)9-30/h2-3,7-8,10-11,13-14,16-17,20,23H,4-6,12H2,1H3,(H,33,36)/t14-,16-,17+,20+,23+/m0/s1. The van der Waals surface area contributed by atoms with Crippen LogP contribution in [0, 0.1) is 29.0 Å². The minimum Gasteiger partial charge on any atom is -0.349 e. The number of nitrogens with one attached hydrogen (secondary N) is 1. The lowest BCUT2D eigenvalue weighted by Gasteiger charge is -2.36. The van der Waals surface area contributed by atoms with Crippen molar-refractivity contribution < 1.29 is 14.0 Å². The number of hydrogen-bond acceptors (Lipinski definition) is 5. The first-order valence-electron chi connectivity index (χ1n) is 12.3. The average molecular weight is 519 g/mol. The zero-order valence-corrected chi connectivity index (χ0v) is 20.8. The summed E-state index contributed by atoms with van der Waals surface area (Å²) in [4.78, 5) is 31.0. The molecule has 3 fully saturated rings. The van der Waals surface area contributed by atoms with Crippen molar-refractivity contribution in [2.24, 2.45) is 11.8 Å². The van der Waals surface area contributed by atoms with Crippen LogP contribution in [-0.2, 0) is 4.79 Å². The molecule has 1 aromatic carbocycles. The number of anilines is 1. The fourth-order valence-corrected chi connectivity index (χ4v) is 5.61. The lowest BCUT2D eigenvalue weighted by Crippen LogP contribution is -2.43. The minimum atomic E-state index is -0.543. The van der Waals surface area contributed by atoms with Crippen LogP contribution in [-0.4, -0.2) is 39.2 Å². The van der Waals surface area contributed by atoms with Crippen molar-refractivity contribution in [1.82, 2.24) is 20.1 Å². The molecule has 2 aliphatic carbocycles. The Kier molecular flexibility index (Phi) is 5.72. The predicted octanol–water partition coefficient (Wildman–Crippen LogP) is 4.21. The highest BCUT2D eigenvalue weighted by Gasteiger charge is 2.52. The minimum absolute atomic E-state index is 0.0187. The van der Waals surface area contributed by atoms with Crippen LogP contribution < -0.4 is 10.2 Å². The van der Waals surface area contributed by atoms with E-state index in [0.717, 1.165) is 12.0 Å². The van der Waals surface area contributed by atoms with Gasteiger partial charge in [-0.15, -0.1) is 0 Å². The first kappa shape index (κ1) is 23.6. The second kappa shape index (κ2) is 8.96. The van der Waals surface area contributed by atoms with E-state index in [1.807, 2.05) is 6.07 Å². The fourth-order valence-electron chi connectivity index (χ4n) is 5.43. The van der Waals surface area contributed by atoms with E-state index >= 15 is 0 Å². The zero-order chi connectivity index (χ0) is 25.8. The van der Waals surface area contributed by atoms with Crippen molar-refractivity contribution in [3.63, 3.8) is 0 Å². The van der Waals surface area contributed by atoms with Gasteiger partial charge >= 0.3 is 0 Å². The molecule has 37 heavy (non-hydrogen) atoms. The largest absolute Gasteiger partial charge is 0.349 e. The van der Waals surface area contributed by atoms with Gasteiger partial charge in [-0.25, -0.2) is 4.39 Å². The molecule has 0 unspecified atom stereocenters. The van der Waals surface area contributed by atoms with Crippen LogP contribution in [0.2, 0.25) is 5.02 Å². The molecule has 10 heteroatoms. The maximum atomic E-state index is 15.0. The van der Waals surface area contributed by atoms with E-state index in [0.29, 0.717) is 47.1 Å². The number of hydrogen-bond donors (Lipinski definition) is 1. The van der Waals surface area contributed by atoms with E-state index in [4.69, 9.17) is 11.6 Å². The first-order chi connectivity index (χ1) is 17.8. The molecule has 0 radical (unpaired) electrons. The third-order valence-electron chi connectivity index (χ3n) is 7.79. The molecule has 2 saturated carbocycles. The number of fused-ring (bicyclic) bond motifs is 1. The van der Waals surface area contributed by atoms with E-state index in [1.54, 1.807) is 30.2 Å². The molecule has 3 aliphatic rings. The summed E-state index contributed by atoms with van der Waals surface area (Å²) in [6.45, 7) is 2.38. The van der Waals surface area contributed by atoms with E-state index in [2.05, 4.69) is 21.5 Å². The lowest BCUT2D eigenvalue weighted by molar-refractivity contribution is -0.118. The molecule has 188 valence electrons. The van der Waals surface area contributed by atoms with E-state index < -0.39 is 11.9 Å². The van der Waals surface area contributed by atoms with Crippen molar-refractivity contribution in [2.75, 3.05) is 11.4 Å². The number of aromatic nitrogens is 3. The van der Waals surface area contributed by atoms with Gasteiger partial charge in [-0.3, -0.25) is 19.3 Å². The maximum absolute atomic E-state index is 15.0. The highest BCUT2D eigenvalue weighted by molar-refractivity contribution is 6.30. The molecule has 2 aromatic heterocycles.